The van der Waals surface area contributed by atoms with Crippen LogP contribution in [0.1, 0.15) is 5.56 Å². The van der Waals surface area contributed by atoms with Gasteiger partial charge in [-0.1, -0.05) is 17.7 Å². The maximum atomic E-state index is 12.4. The summed E-state index contributed by atoms with van der Waals surface area (Å²) in [4.78, 5) is 16.7. The van der Waals surface area contributed by atoms with Gasteiger partial charge in [-0.2, -0.15) is 5.26 Å². The summed E-state index contributed by atoms with van der Waals surface area (Å²) in [5.41, 5.74) is 1.97. The number of rotatable bonds is 5. The van der Waals surface area contributed by atoms with Crippen LogP contribution in [0.15, 0.2) is 42.5 Å². The Morgan fingerprint density at radius 1 is 1.22 bits per heavy atom. The number of carbonyl (C=O) groups is 1. The maximum absolute atomic E-state index is 12.4. The second-order valence-corrected chi connectivity index (χ2v) is 6.75. The van der Waals surface area contributed by atoms with Crippen molar-refractivity contribution in [2.45, 2.75) is 0 Å². The molecule has 2 aromatic carbocycles. The van der Waals surface area contributed by atoms with Gasteiger partial charge in [0.15, 0.2) is 0 Å². The van der Waals surface area contributed by atoms with Crippen molar-refractivity contribution in [2.75, 3.05) is 50.1 Å². The highest BCUT2D eigenvalue weighted by molar-refractivity contribution is 6.31. The molecule has 0 atom stereocenters. The molecule has 0 unspecified atom stereocenters. The largest absolute Gasteiger partial charge is 0.497 e. The Bertz CT molecular complexity index is 857. The van der Waals surface area contributed by atoms with Crippen molar-refractivity contribution in [3.8, 4) is 11.8 Å². The minimum Gasteiger partial charge on any atom is -0.497 e. The normalized spacial score (nSPS) is 14.5. The SMILES string of the molecule is COc1cccc(N2CCN(CC(=O)Nc3cc(Cl)ccc3C#N)CC2)c1. The van der Waals surface area contributed by atoms with Crippen molar-refractivity contribution in [1.29, 1.82) is 5.26 Å². The van der Waals surface area contributed by atoms with Crippen LogP contribution in [-0.4, -0.2) is 50.6 Å². The van der Waals surface area contributed by atoms with Crippen LogP contribution in [0.25, 0.3) is 0 Å². The summed E-state index contributed by atoms with van der Waals surface area (Å²) in [6.07, 6.45) is 0. The van der Waals surface area contributed by atoms with Crippen molar-refractivity contribution >= 4 is 28.9 Å². The van der Waals surface area contributed by atoms with Crippen LogP contribution in [0.4, 0.5) is 11.4 Å². The summed E-state index contributed by atoms with van der Waals surface area (Å²) in [5, 5.41) is 12.4. The van der Waals surface area contributed by atoms with Crippen LogP contribution < -0.4 is 15.0 Å². The molecular weight excluding hydrogens is 364 g/mol. The fraction of sp³-hybridized carbons (Fsp3) is 0.300. The van der Waals surface area contributed by atoms with Crippen LogP contribution in [-0.2, 0) is 4.79 Å². The number of anilines is 2. The van der Waals surface area contributed by atoms with Crippen molar-refractivity contribution in [2.24, 2.45) is 0 Å². The van der Waals surface area contributed by atoms with Gasteiger partial charge >= 0.3 is 0 Å². The number of piperazine rings is 1. The first-order valence-electron chi connectivity index (χ1n) is 8.70. The molecule has 6 nitrogen and oxygen atoms in total. The highest BCUT2D eigenvalue weighted by Gasteiger charge is 2.20. The van der Waals surface area contributed by atoms with E-state index in [9.17, 15) is 4.79 Å². The number of amides is 1. The van der Waals surface area contributed by atoms with E-state index in [1.165, 1.54) is 0 Å². The van der Waals surface area contributed by atoms with Gasteiger partial charge in [0, 0.05) is 43.0 Å². The molecule has 0 radical (unpaired) electrons. The average molecular weight is 385 g/mol. The molecule has 2 aromatic rings. The number of hydrogen-bond acceptors (Lipinski definition) is 5. The smallest absolute Gasteiger partial charge is 0.238 e. The van der Waals surface area contributed by atoms with Gasteiger partial charge in [-0.15, -0.1) is 0 Å². The van der Waals surface area contributed by atoms with E-state index in [4.69, 9.17) is 21.6 Å². The molecule has 1 saturated heterocycles. The number of hydrogen-bond donors (Lipinski definition) is 1. The third kappa shape index (κ3) is 4.91. The molecule has 7 heteroatoms. The number of halogens is 1. The van der Waals surface area contributed by atoms with Crippen molar-refractivity contribution in [1.82, 2.24) is 4.90 Å². The first-order valence-corrected chi connectivity index (χ1v) is 9.07. The van der Waals surface area contributed by atoms with E-state index in [0.717, 1.165) is 37.6 Å². The lowest BCUT2D eigenvalue weighted by Gasteiger charge is -2.35. The van der Waals surface area contributed by atoms with Gasteiger partial charge in [0.25, 0.3) is 0 Å². The molecule has 1 aliphatic rings. The van der Waals surface area contributed by atoms with E-state index in [1.807, 2.05) is 18.2 Å². The fourth-order valence-corrected chi connectivity index (χ4v) is 3.25. The molecule has 1 fully saturated rings. The molecule has 3 rings (SSSR count). The van der Waals surface area contributed by atoms with E-state index in [1.54, 1.807) is 25.3 Å². The van der Waals surface area contributed by atoms with Gasteiger partial charge < -0.3 is 15.0 Å². The number of nitrogens with zero attached hydrogens (tertiary/aromatic N) is 3. The zero-order valence-corrected chi connectivity index (χ0v) is 15.9. The molecule has 0 aromatic heterocycles. The highest BCUT2D eigenvalue weighted by Crippen LogP contribution is 2.23. The van der Waals surface area contributed by atoms with Gasteiger partial charge in [-0.05, 0) is 30.3 Å². The van der Waals surface area contributed by atoms with Crippen LogP contribution in [0.2, 0.25) is 5.02 Å². The second-order valence-electron chi connectivity index (χ2n) is 6.31. The number of nitrogens with one attached hydrogen (secondary N) is 1. The average Bonchev–Trinajstić information content (AvgIpc) is 2.69. The van der Waals surface area contributed by atoms with Crippen molar-refractivity contribution < 1.29 is 9.53 Å². The molecule has 1 aliphatic heterocycles. The van der Waals surface area contributed by atoms with E-state index in [-0.39, 0.29) is 12.5 Å². The van der Waals surface area contributed by atoms with Gasteiger partial charge in [-0.25, -0.2) is 0 Å². The molecule has 1 heterocycles. The lowest BCUT2D eigenvalue weighted by atomic mass is 10.2. The fourth-order valence-electron chi connectivity index (χ4n) is 3.08. The molecular formula is C20H21ClN4O2. The first kappa shape index (κ1) is 19.0. The zero-order chi connectivity index (χ0) is 19.2. The molecule has 1 N–H and O–H groups in total. The van der Waals surface area contributed by atoms with Crippen LogP contribution >= 0.6 is 11.6 Å². The standard InChI is InChI=1S/C20H21ClN4O2/c1-27-18-4-2-3-17(12-18)25-9-7-24(8-10-25)14-20(26)23-19-11-16(21)6-5-15(19)13-22/h2-6,11-12H,7-10,14H2,1H3,(H,23,26). The quantitative estimate of drug-likeness (QED) is 0.858. The Morgan fingerprint density at radius 2 is 2.00 bits per heavy atom. The monoisotopic (exact) mass is 384 g/mol. The predicted octanol–water partition coefficient (Wildman–Crippen LogP) is 2.98. The Labute approximate surface area is 163 Å². The third-order valence-corrected chi connectivity index (χ3v) is 4.77. The first-order chi connectivity index (χ1) is 13.1. The number of ether oxygens (including phenoxy) is 1. The van der Waals surface area contributed by atoms with Crippen LogP contribution in [0.3, 0.4) is 0 Å². The van der Waals surface area contributed by atoms with E-state index in [0.29, 0.717) is 16.3 Å². The van der Waals surface area contributed by atoms with Crippen molar-refractivity contribution in [3.63, 3.8) is 0 Å². The van der Waals surface area contributed by atoms with Crippen LogP contribution in [0, 0.1) is 11.3 Å². The third-order valence-electron chi connectivity index (χ3n) is 4.53. The summed E-state index contributed by atoms with van der Waals surface area (Å²) in [6, 6.07) is 14.9. The van der Waals surface area contributed by atoms with Gasteiger partial charge in [0.2, 0.25) is 5.91 Å². The summed E-state index contributed by atoms with van der Waals surface area (Å²) < 4.78 is 5.28. The molecule has 0 bridgehead atoms. The summed E-state index contributed by atoms with van der Waals surface area (Å²) in [7, 11) is 1.66. The minimum atomic E-state index is -0.149. The van der Waals surface area contributed by atoms with Crippen molar-refractivity contribution in [3.05, 3.63) is 53.1 Å². The lowest BCUT2D eigenvalue weighted by Crippen LogP contribution is -2.48. The van der Waals surface area contributed by atoms with E-state index in [2.05, 4.69) is 27.3 Å². The molecule has 0 saturated carbocycles. The maximum Gasteiger partial charge on any atom is 0.238 e. The Morgan fingerprint density at radius 3 is 2.70 bits per heavy atom. The van der Waals surface area contributed by atoms with Crippen LogP contribution in [0.5, 0.6) is 5.75 Å². The Kier molecular flexibility index (Phi) is 6.17. The van der Waals surface area contributed by atoms with E-state index < -0.39 is 0 Å². The second kappa shape index (κ2) is 8.76. The number of methoxy groups -OCH3 is 1. The molecule has 1 amide bonds. The van der Waals surface area contributed by atoms with E-state index >= 15 is 0 Å². The molecule has 140 valence electrons. The lowest BCUT2D eigenvalue weighted by molar-refractivity contribution is -0.117. The molecule has 27 heavy (non-hydrogen) atoms. The molecule has 0 spiro atoms. The number of carbonyl (C=O) groups excluding carboxylic acids is 1. The highest BCUT2D eigenvalue weighted by atomic mass is 35.5. The Balaban J connectivity index is 1.54. The zero-order valence-electron chi connectivity index (χ0n) is 15.1. The number of nitriles is 1. The van der Waals surface area contributed by atoms with Gasteiger partial charge in [0.1, 0.15) is 11.8 Å². The summed E-state index contributed by atoms with van der Waals surface area (Å²) >= 11 is 5.96. The Hall–Kier alpha value is -2.75. The summed E-state index contributed by atoms with van der Waals surface area (Å²) in [6.45, 7) is 3.52. The number of benzene rings is 2. The topological polar surface area (TPSA) is 68.6 Å². The molecule has 0 aliphatic carbocycles. The predicted molar refractivity (Wildman–Crippen MR) is 106 cm³/mol. The van der Waals surface area contributed by atoms with Gasteiger partial charge in [0.05, 0.1) is 24.9 Å². The van der Waals surface area contributed by atoms with Gasteiger partial charge in [-0.3, -0.25) is 9.69 Å². The summed E-state index contributed by atoms with van der Waals surface area (Å²) in [5.74, 6) is 0.688. The minimum absolute atomic E-state index is 0.149.